The summed E-state index contributed by atoms with van der Waals surface area (Å²) in [6.45, 7) is -1.04. The standard InChI is InChI=1S/C17H13N3O7S2/c21-13(9-18-15(22)10-4-1-2-5-11(10)16(18)23)20(14-6-3-7-28-14)12-8-19(17(12)24)29(25,26)27/h1-7,12H,8-9H2,(H,25,26,27). The van der Waals surface area contributed by atoms with Crippen molar-refractivity contribution in [1.82, 2.24) is 9.21 Å². The van der Waals surface area contributed by atoms with E-state index >= 15 is 0 Å². The highest BCUT2D eigenvalue weighted by Gasteiger charge is 2.49. The van der Waals surface area contributed by atoms with Crippen molar-refractivity contribution in [1.29, 1.82) is 0 Å². The van der Waals surface area contributed by atoms with Gasteiger partial charge in [-0.15, -0.1) is 11.3 Å². The van der Waals surface area contributed by atoms with Gasteiger partial charge in [0.2, 0.25) is 5.91 Å². The zero-order valence-corrected chi connectivity index (χ0v) is 16.2. The molecule has 2 aliphatic rings. The van der Waals surface area contributed by atoms with Gasteiger partial charge in [-0.05, 0) is 29.6 Å². The molecule has 1 fully saturated rings. The number of carbonyl (C=O) groups is 4. The molecule has 1 aromatic heterocycles. The molecule has 1 N–H and O–H groups in total. The van der Waals surface area contributed by atoms with E-state index in [1.807, 2.05) is 0 Å². The fourth-order valence-corrected chi connectivity index (χ4v) is 4.71. The maximum absolute atomic E-state index is 13.0. The molecule has 0 spiro atoms. The van der Waals surface area contributed by atoms with Gasteiger partial charge in [0.1, 0.15) is 12.6 Å². The van der Waals surface area contributed by atoms with Crippen LogP contribution in [-0.4, -0.2) is 64.9 Å². The number of thiophene rings is 1. The van der Waals surface area contributed by atoms with Gasteiger partial charge in [0.05, 0.1) is 22.7 Å². The van der Waals surface area contributed by atoms with Gasteiger partial charge in [0.25, 0.3) is 17.7 Å². The van der Waals surface area contributed by atoms with E-state index in [9.17, 15) is 27.6 Å². The number of nitrogens with zero attached hydrogens (tertiary/aromatic N) is 3. The van der Waals surface area contributed by atoms with Gasteiger partial charge >= 0.3 is 10.3 Å². The normalized spacial score (nSPS) is 18.7. The molecule has 10 nitrogen and oxygen atoms in total. The summed E-state index contributed by atoms with van der Waals surface area (Å²) in [5, 5.41) is 2.00. The fourth-order valence-electron chi connectivity index (χ4n) is 3.23. The van der Waals surface area contributed by atoms with Crippen molar-refractivity contribution in [3.63, 3.8) is 0 Å². The van der Waals surface area contributed by atoms with Crippen LogP contribution in [0.1, 0.15) is 20.7 Å². The summed E-state index contributed by atoms with van der Waals surface area (Å²) in [5.41, 5.74) is 0.371. The molecule has 29 heavy (non-hydrogen) atoms. The van der Waals surface area contributed by atoms with Crippen LogP contribution in [0.15, 0.2) is 41.8 Å². The molecule has 2 aromatic rings. The molecule has 0 bridgehead atoms. The number of amides is 4. The second-order valence-corrected chi connectivity index (χ2v) is 8.58. The minimum absolute atomic E-state index is 0.185. The average molecular weight is 435 g/mol. The lowest BCUT2D eigenvalue weighted by Gasteiger charge is -2.41. The van der Waals surface area contributed by atoms with E-state index in [1.165, 1.54) is 12.1 Å². The summed E-state index contributed by atoms with van der Waals surface area (Å²) in [4.78, 5) is 52.1. The summed E-state index contributed by atoms with van der Waals surface area (Å²) >= 11 is 1.13. The Morgan fingerprint density at radius 3 is 2.21 bits per heavy atom. The first-order valence-electron chi connectivity index (χ1n) is 8.30. The molecule has 0 radical (unpaired) electrons. The highest BCUT2D eigenvalue weighted by Crippen LogP contribution is 2.30. The molecular weight excluding hydrogens is 422 g/mol. The average Bonchev–Trinajstić information content (AvgIpc) is 3.27. The zero-order valence-electron chi connectivity index (χ0n) is 14.6. The number of imide groups is 1. The third kappa shape index (κ3) is 3.10. The number of hydrogen-bond acceptors (Lipinski definition) is 7. The number of fused-ring (bicyclic) bond motifs is 1. The predicted molar refractivity (Wildman–Crippen MR) is 101 cm³/mol. The quantitative estimate of drug-likeness (QED) is 0.408. The van der Waals surface area contributed by atoms with Crippen LogP contribution >= 0.6 is 11.3 Å². The molecule has 1 saturated heterocycles. The lowest BCUT2D eigenvalue weighted by molar-refractivity contribution is -0.138. The van der Waals surface area contributed by atoms with Gasteiger partial charge in [0, 0.05) is 0 Å². The Morgan fingerprint density at radius 1 is 1.10 bits per heavy atom. The van der Waals surface area contributed by atoms with Crippen LogP contribution in [0, 0.1) is 0 Å². The SMILES string of the molecule is O=C1c2ccccc2C(=O)N1CC(=O)N(c1cccs1)C1CN(S(=O)(=O)O)C1=O. The van der Waals surface area contributed by atoms with Crippen LogP contribution in [0.25, 0.3) is 0 Å². The minimum Gasteiger partial charge on any atom is -0.288 e. The summed E-state index contributed by atoms with van der Waals surface area (Å²) in [6, 6.07) is 8.18. The number of anilines is 1. The van der Waals surface area contributed by atoms with E-state index in [1.54, 1.807) is 29.6 Å². The first-order valence-corrected chi connectivity index (χ1v) is 10.6. The van der Waals surface area contributed by atoms with Crippen molar-refractivity contribution in [2.24, 2.45) is 0 Å². The first-order chi connectivity index (χ1) is 13.7. The van der Waals surface area contributed by atoms with Crippen molar-refractivity contribution in [2.45, 2.75) is 6.04 Å². The van der Waals surface area contributed by atoms with E-state index in [2.05, 4.69) is 0 Å². The Labute approximate surface area is 168 Å². The largest absolute Gasteiger partial charge is 0.362 e. The Morgan fingerprint density at radius 2 is 1.72 bits per heavy atom. The molecule has 4 rings (SSSR count). The van der Waals surface area contributed by atoms with Crippen molar-refractivity contribution in [3.8, 4) is 0 Å². The van der Waals surface area contributed by atoms with E-state index in [0.29, 0.717) is 5.00 Å². The molecule has 1 unspecified atom stereocenters. The molecule has 4 amide bonds. The zero-order chi connectivity index (χ0) is 20.9. The molecule has 1 atom stereocenters. The topological polar surface area (TPSA) is 132 Å². The van der Waals surface area contributed by atoms with Crippen LogP contribution in [0.4, 0.5) is 5.00 Å². The van der Waals surface area contributed by atoms with Gasteiger partial charge in [0.15, 0.2) is 0 Å². The number of hydrogen-bond donors (Lipinski definition) is 1. The molecule has 1 aromatic carbocycles. The van der Waals surface area contributed by atoms with Crippen LogP contribution in [-0.2, 0) is 19.9 Å². The Kier molecular flexibility index (Phi) is 4.48. The van der Waals surface area contributed by atoms with E-state index in [0.717, 1.165) is 21.1 Å². The van der Waals surface area contributed by atoms with E-state index in [4.69, 9.17) is 4.55 Å². The lowest BCUT2D eigenvalue weighted by Crippen LogP contribution is -2.67. The molecule has 12 heteroatoms. The van der Waals surface area contributed by atoms with Crippen molar-refractivity contribution >= 4 is 50.3 Å². The third-order valence-electron chi connectivity index (χ3n) is 4.64. The minimum atomic E-state index is -4.72. The molecule has 3 heterocycles. The van der Waals surface area contributed by atoms with Gasteiger partial charge in [-0.2, -0.15) is 8.42 Å². The molecule has 150 valence electrons. The number of benzene rings is 1. The number of β-lactam (4-membered cyclic amide) rings is 1. The number of rotatable bonds is 5. The van der Waals surface area contributed by atoms with Crippen molar-refractivity contribution in [3.05, 3.63) is 52.9 Å². The first kappa shape index (κ1) is 19.2. The van der Waals surface area contributed by atoms with Gasteiger partial charge in [-0.25, -0.2) is 4.31 Å². The molecule has 2 aliphatic heterocycles. The lowest BCUT2D eigenvalue weighted by atomic mass is 10.1. The van der Waals surface area contributed by atoms with Crippen LogP contribution in [0.2, 0.25) is 0 Å². The van der Waals surface area contributed by atoms with Crippen molar-refractivity contribution < 1.29 is 32.1 Å². The van der Waals surface area contributed by atoms with E-state index < -0.39 is 53.1 Å². The van der Waals surface area contributed by atoms with Crippen LogP contribution < -0.4 is 4.90 Å². The second-order valence-electron chi connectivity index (χ2n) is 6.32. The monoisotopic (exact) mass is 435 g/mol. The molecule has 0 saturated carbocycles. The van der Waals surface area contributed by atoms with Gasteiger partial charge in [-0.1, -0.05) is 12.1 Å². The van der Waals surface area contributed by atoms with Gasteiger partial charge in [-0.3, -0.25) is 33.5 Å². The Hall–Kier alpha value is -3.09. The predicted octanol–water partition coefficient (Wildman–Crippen LogP) is 0.391. The summed E-state index contributed by atoms with van der Waals surface area (Å²) in [6.07, 6.45) is 0. The van der Waals surface area contributed by atoms with Gasteiger partial charge < -0.3 is 0 Å². The smallest absolute Gasteiger partial charge is 0.288 e. The van der Waals surface area contributed by atoms with Crippen LogP contribution in [0.3, 0.4) is 0 Å². The Bertz CT molecular complexity index is 1110. The third-order valence-corrected chi connectivity index (χ3v) is 6.40. The maximum Gasteiger partial charge on any atom is 0.362 e. The molecular formula is C17H13N3O7S2. The second kappa shape index (κ2) is 6.76. The highest BCUT2D eigenvalue weighted by molar-refractivity contribution is 7.84. The van der Waals surface area contributed by atoms with E-state index in [-0.39, 0.29) is 15.4 Å². The maximum atomic E-state index is 13.0. The van der Waals surface area contributed by atoms with Crippen LogP contribution in [0.5, 0.6) is 0 Å². The Balaban J connectivity index is 1.59. The summed E-state index contributed by atoms with van der Waals surface area (Å²) < 4.78 is 31.7. The molecule has 0 aliphatic carbocycles. The van der Waals surface area contributed by atoms with Crippen molar-refractivity contribution in [2.75, 3.05) is 18.0 Å². The fraction of sp³-hybridized carbons (Fsp3) is 0.176. The highest BCUT2D eigenvalue weighted by atomic mass is 32.2. The summed E-state index contributed by atoms with van der Waals surface area (Å²) in [7, 11) is -4.72. The number of carbonyl (C=O) groups excluding carboxylic acids is 4. The summed E-state index contributed by atoms with van der Waals surface area (Å²) in [5.74, 6) is -2.94.